The number of rotatable bonds is 8. The van der Waals surface area contributed by atoms with Gasteiger partial charge in [-0.15, -0.1) is 0 Å². The van der Waals surface area contributed by atoms with Crippen LogP contribution in [0.25, 0.3) is 22.3 Å². The summed E-state index contributed by atoms with van der Waals surface area (Å²) in [4.78, 5) is 18.8. The van der Waals surface area contributed by atoms with E-state index in [9.17, 15) is 4.79 Å². The first kappa shape index (κ1) is 23.6. The Morgan fingerprint density at radius 1 is 1.29 bits per heavy atom. The summed E-state index contributed by atoms with van der Waals surface area (Å²) in [6.07, 6.45) is 2.26. The predicted molar refractivity (Wildman–Crippen MR) is 133 cm³/mol. The van der Waals surface area contributed by atoms with Crippen LogP contribution in [-0.2, 0) is 18.3 Å². The molecule has 0 spiro atoms. The molecule has 0 aliphatic heterocycles. The summed E-state index contributed by atoms with van der Waals surface area (Å²) in [5.74, 6) is 1.96. The number of ether oxygens (including phenoxy) is 1. The van der Waals surface area contributed by atoms with E-state index in [-0.39, 0.29) is 18.5 Å². The van der Waals surface area contributed by atoms with Crippen molar-refractivity contribution in [2.75, 3.05) is 25.6 Å². The Labute approximate surface area is 203 Å². The third-order valence-corrected chi connectivity index (χ3v) is 5.97. The predicted octanol–water partition coefficient (Wildman–Crippen LogP) is 3.57. The lowest BCUT2D eigenvalue weighted by Crippen LogP contribution is -2.38. The van der Waals surface area contributed by atoms with Gasteiger partial charge in [-0.3, -0.25) is 14.6 Å². The molecular weight excluding hydrogens is 454 g/mol. The highest BCUT2D eigenvalue weighted by Gasteiger charge is 2.17. The molecule has 0 atom stereocenters. The molecule has 2 aromatic carbocycles. The number of nitrogens with zero attached hydrogens (tertiary/aromatic N) is 5. The molecule has 34 heavy (non-hydrogen) atoms. The van der Waals surface area contributed by atoms with Crippen molar-refractivity contribution in [1.29, 1.82) is 0 Å². The maximum Gasteiger partial charge on any atom is 0.239 e. The molecule has 0 aliphatic carbocycles. The number of nitrogens with one attached hydrogen (secondary N) is 2. The molecule has 2 N–H and O–H groups in total. The second-order valence-electron chi connectivity index (χ2n) is 8.49. The Morgan fingerprint density at radius 2 is 2.09 bits per heavy atom. The number of carbonyl (C=O) groups excluding carboxylic acids is 1. The van der Waals surface area contributed by atoms with E-state index in [4.69, 9.17) is 21.3 Å². The first-order valence-electron chi connectivity index (χ1n) is 11.0. The second-order valence-corrected chi connectivity index (χ2v) is 8.86. The molecule has 10 heteroatoms. The zero-order valence-electron chi connectivity index (χ0n) is 19.9. The van der Waals surface area contributed by atoms with E-state index < -0.39 is 0 Å². The van der Waals surface area contributed by atoms with Crippen LogP contribution in [0.4, 0.5) is 5.69 Å². The van der Waals surface area contributed by atoms with Crippen LogP contribution in [0.15, 0.2) is 36.5 Å². The molecule has 0 radical (unpaired) electrons. The Hall–Kier alpha value is -3.59. The number of aryl methyl sites for hydroxylation is 1. The van der Waals surface area contributed by atoms with Crippen LogP contribution in [0.5, 0.6) is 5.75 Å². The Bertz CT molecular complexity index is 1330. The van der Waals surface area contributed by atoms with E-state index in [1.54, 1.807) is 18.0 Å². The monoisotopic (exact) mass is 481 g/mol. The van der Waals surface area contributed by atoms with Gasteiger partial charge in [0.15, 0.2) is 5.82 Å². The fourth-order valence-corrected chi connectivity index (χ4v) is 4.11. The number of halogens is 1. The number of hydrogen-bond acceptors (Lipinski definition) is 6. The maximum absolute atomic E-state index is 12.2. The highest BCUT2D eigenvalue weighted by atomic mass is 35.5. The number of aromatic nitrogens is 5. The van der Waals surface area contributed by atoms with Crippen molar-refractivity contribution >= 4 is 34.1 Å². The largest absolute Gasteiger partial charge is 0.495 e. The quantitative estimate of drug-likeness (QED) is 0.399. The molecule has 2 heterocycles. The number of H-pyrrole nitrogens is 1. The number of amides is 1. The third-order valence-electron chi connectivity index (χ3n) is 5.52. The molecule has 0 bridgehead atoms. The van der Waals surface area contributed by atoms with Gasteiger partial charge in [0.25, 0.3) is 0 Å². The van der Waals surface area contributed by atoms with E-state index in [1.165, 1.54) is 0 Å². The molecular formula is C24H28ClN7O2. The topological polar surface area (TPSA) is 101 Å². The lowest BCUT2D eigenvalue weighted by Gasteiger charge is -2.22. The molecule has 4 rings (SSSR count). The van der Waals surface area contributed by atoms with Crippen LogP contribution in [0.1, 0.15) is 25.2 Å². The molecule has 4 aromatic rings. The number of aromatic amines is 1. The first-order chi connectivity index (χ1) is 16.3. The molecule has 2 aromatic heterocycles. The number of carbonyl (C=O) groups is 1. The van der Waals surface area contributed by atoms with E-state index in [1.807, 2.05) is 63.2 Å². The fraction of sp³-hybridized carbons (Fsp3) is 0.333. The van der Waals surface area contributed by atoms with E-state index in [2.05, 4.69) is 20.6 Å². The van der Waals surface area contributed by atoms with Crippen LogP contribution in [0.2, 0.25) is 5.02 Å². The molecule has 9 nitrogen and oxygen atoms in total. The van der Waals surface area contributed by atoms with Crippen LogP contribution in [0, 0.1) is 0 Å². The fourth-order valence-electron chi connectivity index (χ4n) is 3.83. The second kappa shape index (κ2) is 9.72. The number of hydrogen-bond donors (Lipinski definition) is 2. The van der Waals surface area contributed by atoms with Crippen LogP contribution in [-0.4, -0.2) is 57.6 Å². The molecule has 0 unspecified atom stereocenters. The number of methoxy groups -OCH3 is 1. The minimum Gasteiger partial charge on any atom is -0.495 e. The van der Waals surface area contributed by atoms with Gasteiger partial charge in [-0.2, -0.15) is 10.2 Å². The molecule has 1 amide bonds. The summed E-state index contributed by atoms with van der Waals surface area (Å²) >= 11 is 6.59. The summed E-state index contributed by atoms with van der Waals surface area (Å²) in [5.41, 5.74) is 3.47. The van der Waals surface area contributed by atoms with Crippen molar-refractivity contribution in [3.05, 3.63) is 52.9 Å². The standard InChI is InChI=1S/C24H28ClN7O2/c1-14(2)27-22(33)13-31(3)19-9-7-16(10-20(19)34-5)24-28-21(32(4)30-24)11-15-6-8-18-17(23(15)25)12-26-29-18/h6-10,12,14H,11,13H2,1-5H3,(H,26,29)(H,27,33). The minimum absolute atomic E-state index is 0.0491. The number of fused-ring (bicyclic) bond motifs is 1. The number of anilines is 1. The summed E-state index contributed by atoms with van der Waals surface area (Å²) in [7, 11) is 5.33. The van der Waals surface area contributed by atoms with Gasteiger partial charge in [0.05, 0.1) is 36.1 Å². The number of benzene rings is 2. The van der Waals surface area contributed by atoms with Gasteiger partial charge in [0.1, 0.15) is 11.6 Å². The van der Waals surface area contributed by atoms with Gasteiger partial charge >= 0.3 is 0 Å². The summed E-state index contributed by atoms with van der Waals surface area (Å²) in [6, 6.07) is 9.75. The third kappa shape index (κ3) is 4.84. The van der Waals surface area contributed by atoms with Gasteiger partial charge in [-0.1, -0.05) is 17.7 Å². The summed E-state index contributed by atoms with van der Waals surface area (Å²) in [6.45, 7) is 4.10. The molecule has 0 saturated heterocycles. The molecule has 0 saturated carbocycles. The van der Waals surface area contributed by atoms with Crippen molar-refractivity contribution in [3.63, 3.8) is 0 Å². The number of likely N-dealkylation sites (N-methyl/N-ethyl adjacent to an activating group) is 1. The molecule has 0 aliphatic rings. The smallest absolute Gasteiger partial charge is 0.239 e. The lowest BCUT2D eigenvalue weighted by molar-refractivity contribution is -0.120. The van der Waals surface area contributed by atoms with E-state index >= 15 is 0 Å². The average Bonchev–Trinajstić information content (AvgIpc) is 3.41. The van der Waals surface area contributed by atoms with Crippen LogP contribution in [0.3, 0.4) is 0 Å². The van der Waals surface area contributed by atoms with E-state index in [0.717, 1.165) is 33.5 Å². The zero-order valence-corrected chi connectivity index (χ0v) is 20.6. The minimum atomic E-state index is -0.0491. The molecule has 178 valence electrons. The highest BCUT2D eigenvalue weighted by Crippen LogP contribution is 2.32. The van der Waals surface area contributed by atoms with Crippen molar-refractivity contribution in [2.24, 2.45) is 7.05 Å². The first-order valence-corrected chi connectivity index (χ1v) is 11.3. The zero-order chi connectivity index (χ0) is 24.4. The molecule has 0 fully saturated rings. The van der Waals surface area contributed by atoms with Gasteiger partial charge in [-0.05, 0) is 43.7 Å². The average molecular weight is 482 g/mol. The normalized spacial score (nSPS) is 11.3. The highest BCUT2D eigenvalue weighted by molar-refractivity contribution is 6.36. The Morgan fingerprint density at radius 3 is 2.82 bits per heavy atom. The van der Waals surface area contributed by atoms with Gasteiger partial charge in [0.2, 0.25) is 5.91 Å². The van der Waals surface area contributed by atoms with Crippen molar-refractivity contribution in [1.82, 2.24) is 30.3 Å². The SMILES string of the molecule is COc1cc(-c2nc(Cc3ccc4[nH]ncc4c3Cl)n(C)n2)ccc1N(C)CC(=O)NC(C)C. The van der Waals surface area contributed by atoms with Crippen LogP contribution < -0.4 is 15.0 Å². The van der Waals surface area contributed by atoms with Crippen LogP contribution >= 0.6 is 11.6 Å². The maximum atomic E-state index is 12.2. The van der Waals surface area contributed by atoms with Crippen molar-refractivity contribution in [3.8, 4) is 17.1 Å². The van der Waals surface area contributed by atoms with Gasteiger partial charge in [-0.25, -0.2) is 4.98 Å². The van der Waals surface area contributed by atoms with Gasteiger partial charge < -0.3 is 15.0 Å². The Balaban J connectivity index is 1.57. The summed E-state index contributed by atoms with van der Waals surface area (Å²) in [5, 5.41) is 16.0. The Kier molecular flexibility index (Phi) is 6.74. The van der Waals surface area contributed by atoms with Gasteiger partial charge in [0, 0.05) is 37.5 Å². The van der Waals surface area contributed by atoms with E-state index in [0.29, 0.717) is 23.0 Å². The summed E-state index contributed by atoms with van der Waals surface area (Å²) < 4.78 is 7.37. The lowest BCUT2D eigenvalue weighted by atomic mass is 10.1. The van der Waals surface area contributed by atoms with Crippen molar-refractivity contribution < 1.29 is 9.53 Å². The van der Waals surface area contributed by atoms with Crippen molar-refractivity contribution in [2.45, 2.75) is 26.3 Å².